The topological polar surface area (TPSA) is 113 Å². The van der Waals surface area contributed by atoms with Gasteiger partial charge in [0.15, 0.2) is 0 Å². The molecule has 0 amide bonds. The fourth-order valence-corrected chi connectivity index (χ4v) is 3.45. The smallest absolute Gasteiger partial charge is 0.355 e. The van der Waals surface area contributed by atoms with Gasteiger partial charge in [-0.1, -0.05) is 15.5 Å². The first-order valence-corrected chi connectivity index (χ1v) is 10.2. The summed E-state index contributed by atoms with van der Waals surface area (Å²) < 4.78 is 0. The van der Waals surface area contributed by atoms with Gasteiger partial charge in [-0.2, -0.15) is 0 Å². The van der Waals surface area contributed by atoms with Gasteiger partial charge in [-0.3, -0.25) is 0 Å². The van der Waals surface area contributed by atoms with Crippen LogP contribution in [0.4, 0.5) is 0 Å². The predicted molar refractivity (Wildman–Crippen MR) is 110 cm³/mol. The Balaban J connectivity index is 1.53. The lowest BCUT2D eigenvalue weighted by Gasteiger charge is -2.11. The van der Waals surface area contributed by atoms with Crippen molar-refractivity contribution in [1.29, 1.82) is 0 Å². The van der Waals surface area contributed by atoms with Crippen LogP contribution < -0.4 is 14.5 Å². The first-order chi connectivity index (χ1) is 14.6. The van der Waals surface area contributed by atoms with Crippen LogP contribution in [0.15, 0.2) is 15.5 Å². The molecule has 0 atom stereocenters. The predicted octanol–water partition coefficient (Wildman–Crippen LogP) is 1.13. The number of hydrogen-bond acceptors (Lipinski definition) is 9. The normalized spacial score (nSPS) is 23.3. The number of amidine groups is 3. The Morgan fingerprint density at radius 2 is 0.867 bits per heavy atom. The van der Waals surface area contributed by atoms with Gasteiger partial charge in [-0.05, 0) is 19.3 Å². The van der Waals surface area contributed by atoms with Crippen molar-refractivity contribution in [2.45, 2.75) is 38.5 Å². The van der Waals surface area contributed by atoms with Gasteiger partial charge < -0.3 is 29.2 Å². The molecule has 30 heavy (non-hydrogen) atoms. The number of rotatable bonds is 6. The molecule has 0 N–H and O–H groups in total. The molecule has 3 aliphatic heterocycles. The summed E-state index contributed by atoms with van der Waals surface area (Å²) in [5.74, 6) is 2.50. The second-order valence-electron chi connectivity index (χ2n) is 7.55. The molecular weight excluding hydrogens is 390 g/mol. The third-order valence-corrected chi connectivity index (χ3v) is 5.28. The maximum atomic E-state index is 5.43. The van der Waals surface area contributed by atoms with Crippen molar-refractivity contribution >= 4 is 17.5 Å². The van der Waals surface area contributed by atoms with Gasteiger partial charge in [0, 0.05) is 60.0 Å². The Kier molecular flexibility index (Phi) is 6.10. The Morgan fingerprint density at radius 3 is 1.10 bits per heavy atom. The Bertz CT molecular complexity index is 736. The lowest BCUT2D eigenvalue weighted by atomic mass is 10.4. The van der Waals surface area contributed by atoms with E-state index in [2.05, 4.69) is 30.4 Å². The highest BCUT2D eigenvalue weighted by Gasteiger charge is 2.19. The van der Waals surface area contributed by atoms with E-state index < -0.39 is 0 Å². The summed E-state index contributed by atoms with van der Waals surface area (Å²) in [6.45, 7) is 2.83. The molecule has 12 nitrogen and oxygen atoms in total. The van der Waals surface area contributed by atoms with E-state index in [0.717, 1.165) is 75.7 Å². The van der Waals surface area contributed by atoms with E-state index in [1.807, 2.05) is 35.8 Å². The molecule has 3 saturated heterocycles. The lowest BCUT2D eigenvalue weighted by molar-refractivity contribution is 0.244. The third-order valence-electron chi connectivity index (χ3n) is 5.28. The Morgan fingerprint density at radius 1 is 0.567 bits per heavy atom. The zero-order valence-corrected chi connectivity index (χ0v) is 17.6. The molecule has 4 rings (SSSR count). The zero-order valence-electron chi connectivity index (χ0n) is 17.6. The van der Waals surface area contributed by atoms with Crippen molar-refractivity contribution < 1.29 is 14.5 Å². The molecule has 0 radical (unpaired) electrons. The van der Waals surface area contributed by atoms with Crippen molar-refractivity contribution in [3.63, 3.8) is 0 Å². The highest BCUT2D eigenvalue weighted by molar-refractivity contribution is 5.84. The molecule has 3 aliphatic rings. The summed E-state index contributed by atoms with van der Waals surface area (Å²) in [6.07, 6.45) is 5.63. The maximum absolute atomic E-state index is 5.43. The highest BCUT2D eigenvalue weighted by Crippen LogP contribution is 2.18. The van der Waals surface area contributed by atoms with Gasteiger partial charge >= 0.3 is 18.0 Å². The van der Waals surface area contributed by atoms with E-state index in [0.29, 0.717) is 0 Å². The van der Waals surface area contributed by atoms with Crippen LogP contribution in [0.2, 0.25) is 0 Å². The van der Waals surface area contributed by atoms with E-state index >= 15 is 0 Å². The molecule has 0 aliphatic carbocycles. The minimum atomic E-state index is -0.0391. The van der Waals surface area contributed by atoms with Crippen molar-refractivity contribution in [2.24, 2.45) is 15.5 Å². The average Bonchev–Trinajstić information content (AvgIpc) is 3.45. The summed E-state index contributed by atoms with van der Waals surface area (Å²) >= 11 is 0. The van der Waals surface area contributed by atoms with Crippen LogP contribution in [0, 0.1) is 0 Å². The van der Waals surface area contributed by atoms with Crippen LogP contribution in [0.5, 0.6) is 18.0 Å². The number of oxime groups is 3. The standard InChI is InChI=1S/C18H27N9O3/c1-25-10-4-7-13(25)22-28-16-19-17(29-23-14-8-5-11-26(14)2)21-18(20-16)30-24-15-9-6-12-27(15)3/h4-12H2,1-3H3/b22-13-,23-14+,24-15?. The molecule has 0 aromatic carbocycles. The van der Waals surface area contributed by atoms with Crippen LogP contribution >= 0.6 is 0 Å². The molecule has 0 spiro atoms. The molecular formula is C18H27N9O3. The summed E-state index contributed by atoms with van der Waals surface area (Å²) in [4.78, 5) is 34.8. The highest BCUT2D eigenvalue weighted by atomic mass is 16.7. The van der Waals surface area contributed by atoms with E-state index in [-0.39, 0.29) is 18.0 Å². The molecule has 1 aromatic rings. The maximum Gasteiger partial charge on any atom is 0.355 e. The van der Waals surface area contributed by atoms with Crippen molar-refractivity contribution in [3.05, 3.63) is 0 Å². The molecule has 0 unspecified atom stereocenters. The Labute approximate surface area is 175 Å². The zero-order chi connectivity index (χ0) is 20.9. The molecule has 162 valence electrons. The van der Waals surface area contributed by atoms with Crippen LogP contribution in [0.25, 0.3) is 0 Å². The van der Waals surface area contributed by atoms with Crippen LogP contribution in [-0.4, -0.2) is 87.9 Å². The van der Waals surface area contributed by atoms with Crippen LogP contribution in [0.1, 0.15) is 38.5 Å². The Hall–Kier alpha value is -3.18. The molecule has 4 heterocycles. The lowest BCUT2D eigenvalue weighted by Crippen LogP contribution is -2.20. The van der Waals surface area contributed by atoms with Crippen LogP contribution in [-0.2, 0) is 0 Å². The molecule has 0 saturated carbocycles. The molecule has 0 bridgehead atoms. The monoisotopic (exact) mass is 417 g/mol. The van der Waals surface area contributed by atoms with Gasteiger partial charge in [0.25, 0.3) is 0 Å². The summed E-state index contributed by atoms with van der Waals surface area (Å²) in [5, 5.41) is 12.4. The molecule has 1 aromatic heterocycles. The largest absolute Gasteiger partial charge is 0.360 e. The van der Waals surface area contributed by atoms with Gasteiger partial charge in [-0.15, -0.1) is 15.0 Å². The number of hydrogen-bond donors (Lipinski definition) is 0. The number of likely N-dealkylation sites (tertiary alicyclic amines) is 3. The van der Waals surface area contributed by atoms with Gasteiger partial charge in [0.2, 0.25) is 0 Å². The van der Waals surface area contributed by atoms with E-state index in [9.17, 15) is 0 Å². The second kappa shape index (κ2) is 9.09. The SMILES string of the molecule is CN1CCCC1=NOc1nc(O/N=C2/CCCN2C)nc(O/N=C2\CCCN2C)n1. The average molecular weight is 417 g/mol. The molecule has 3 fully saturated rings. The number of nitrogens with zero attached hydrogens (tertiary/aromatic N) is 9. The summed E-state index contributed by atoms with van der Waals surface area (Å²) in [6, 6.07) is -0.117. The number of aromatic nitrogens is 3. The van der Waals surface area contributed by atoms with Crippen LogP contribution in [0.3, 0.4) is 0 Å². The van der Waals surface area contributed by atoms with Crippen molar-refractivity contribution in [3.8, 4) is 18.0 Å². The second-order valence-corrected chi connectivity index (χ2v) is 7.55. The van der Waals surface area contributed by atoms with Crippen molar-refractivity contribution in [1.82, 2.24) is 29.7 Å². The van der Waals surface area contributed by atoms with Gasteiger partial charge in [0.1, 0.15) is 17.5 Å². The quantitative estimate of drug-likeness (QED) is 0.628. The molecule has 12 heteroatoms. The van der Waals surface area contributed by atoms with E-state index in [4.69, 9.17) is 14.5 Å². The minimum Gasteiger partial charge on any atom is -0.360 e. The summed E-state index contributed by atoms with van der Waals surface area (Å²) in [7, 11) is 5.90. The fraction of sp³-hybridized carbons (Fsp3) is 0.667. The summed E-state index contributed by atoms with van der Waals surface area (Å²) in [5.41, 5.74) is 0. The first kappa shape index (κ1) is 20.1. The fourth-order valence-electron chi connectivity index (χ4n) is 3.45. The first-order valence-electron chi connectivity index (χ1n) is 10.2. The van der Waals surface area contributed by atoms with E-state index in [1.165, 1.54) is 0 Å². The third kappa shape index (κ3) is 4.86. The van der Waals surface area contributed by atoms with Crippen molar-refractivity contribution in [2.75, 3.05) is 40.8 Å². The van der Waals surface area contributed by atoms with E-state index in [1.54, 1.807) is 0 Å². The van der Waals surface area contributed by atoms with Gasteiger partial charge in [-0.25, -0.2) is 0 Å². The minimum absolute atomic E-state index is 0.0391. The van der Waals surface area contributed by atoms with Gasteiger partial charge in [0.05, 0.1) is 0 Å².